The zero-order chi connectivity index (χ0) is 35.9. The second kappa shape index (κ2) is 13.5. The van der Waals surface area contributed by atoms with Crippen molar-refractivity contribution in [2.45, 2.75) is 91.9 Å². The smallest absolute Gasteiger partial charge is 0.137 e. The molecule has 0 saturated carbocycles. The molecule has 0 N–H and O–H groups in total. The van der Waals surface area contributed by atoms with Crippen molar-refractivity contribution in [2.75, 3.05) is 0 Å². The molecule has 0 aliphatic carbocycles. The highest BCUT2D eigenvalue weighted by Gasteiger charge is 2.22. The number of aromatic nitrogens is 4. The molecule has 0 saturated heterocycles. The fourth-order valence-electron chi connectivity index (χ4n) is 7.13. The average Bonchev–Trinajstić information content (AvgIpc) is 3.63. The van der Waals surface area contributed by atoms with Gasteiger partial charge >= 0.3 is 0 Å². The molecule has 7 aromatic rings. The Morgan fingerprint density at radius 1 is 0.627 bits per heavy atom. The second-order valence-electron chi connectivity index (χ2n) is 15.8. The van der Waals surface area contributed by atoms with E-state index in [1.165, 1.54) is 38.7 Å². The van der Waals surface area contributed by atoms with E-state index in [1.54, 1.807) is 0 Å². The minimum Gasteiger partial charge on any atom is -0.457 e. The molecule has 3 aromatic heterocycles. The van der Waals surface area contributed by atoms with Gasteiger partial charge < -0.3 is 4.74 Å². The van der Waals surface area contributed by atoms with Crippen molar-refractivity contribution in [3.63, 3.8) is 0 Å². The van der Waals surface area contributed by atoms with E-state index in [0.717, 1.165) is 65.4 Å². The zero-order valence-corrected chi connectivity index (χ0v) is 31.4. The van der Waals surface area contributed by atoms with E-state index in [1.807, 2.05) is 12.3 Å². The summed E-state index contributed by atoms with van der Waals surface area (Å²) in [6.07, 6.45) is 5.88. The summed E-state index contributed by atoms with van der Waals surface area (Å²) in [7, 11) is 0. The van der Waals surface area contributed by atoms with Crippen molar-refractivity contribution in [3.05, 3.63) is 132 Å². The number of nitrogens with zero attached hydrogens (tertiary/aromatic N) is 4. The molecule has 5 heteroatoms. The molecule has 5 nitrogen and oxygen atoms in total. The average molecular weight is 675 g/mol. The van der Waals surface area contributed by atoms with Crippen molar-refractivity contribution in [3.8, 4) is 34.1 Å². The van der Waals surface area contributed by atoms with Crippen LogP contribution in [0.2, 0.25) is 0 Å². The molecule has 260 valence electrons. The van der Waals surface area contributed by atoms with Gasteiger partial charge in [-0.1, -0.05) is 111 Å². The maximum Gasteiger partial charge on any atom is 0.137 e. The summed E-state index contributed by atoms with van der Waals surface area (Å²) in [5, 5.41) is 7.62. The van der Waals surface area contributed by atoms with Crippen LogP contribution in [0.15, 0.2) is 109 Å². The first-order valence-corrected chi connectivity index (χ1v) is 18.5. The Hall–Kier alpha value is -5.16. The molecule has 4 aromatic carbocycles. The fraction of sp³-hybridized carbons (Fsp3) is 0.304. The third-order valence-corrected chi connectivity index (χ3v) is 9.83. The van der Waals surface area contributed by atoms with Crippen LogP contribution >= 0.6 is 0 Å². The predicted molar refractivity (Wildman–Crippen MR) is 213 cm³/mol. The number of hydrogen-bond donors (Lipinski definition) is 0. The topological polar surface area (TPSA) is 44.9 Å². The summed E-state index contributed by atoms with van der Waals surface area (Å²) in [5.41, 5.74) is 10.7. The summed E-state index contributed by atoms with van der Waals surface area (Å²) < 4.78 is 11.1. The first kappa shape index (κ1) is 34.3. The molecular weight excluding hydrogens is 625 g/mol. The fourth-order valence-corrected chi connectivity index (χ4v) is 7.13. The first-order valence-electron chi connectivity index (χ1n) is 18.5. The van der Waals surface area contributed by atoms with Gasteiger partial charge in [-0.2, -0.15) is 5.10 Å². The third-order valence-electron chi connectivity index (χ3n) is 9.83. The van der Waals surface area contributed by atoms with Crippen molar-refractivity contribution >= 4 is 21.8 Å². The number of hydrogen-bond acceptors (Lipinski definition) is 3. The molecule has 0 aliphatic rings. The van der Waals surface area contributed by atoms with Crippen LogP contribution in [0.3, 0.4) is 0 Å². The molecule has 0 unspecified atom stereocenters. The van der Waals surface area contributed by atoms with Gasteiger partial charge in [-0.15, -0.1) is 0 Å². The molecule has 0 atom stereocenters. The summed E-state index contributed by atoms with van der Waals surface area (Å²) in [4.78, 5) is 4.91. The molecule has 0 spiro atoms. The number of pyridine rings is 1. The van der Waals surface area contributed by atoms with Crippen molar-refractivity contribution < 1.29 is 4.74 Å². The Morgan fingerprint density at radius 3 is 2.08 bits per heavy atom. The highest BCUT2D eigenvalue weighted by Crippen LogP contribution is 2.38. The SMILES string of the molecule is CCCc1nn(-c2cccc(Oc3ccc4c5cc(C(C)(C)C)ccc5n(-c5cc(C(C)(C)C)ccn5)c4c3)c2)c(CCC)c1-c1ccccc1. The molecule has 51 heavy (non-hydrogen) atoms. The molecule has 0 amide bonds. The standard InChI is InChI=1S/C46H50N4O/c1-9-15-39-44(31-17-12-11-13-18-31)41(16-10-2)50(48-39)34-19-14-20-35(29-34)51-36-22-23-37-38-27-32(45(3,4)5)21-24-40(38)49(42(37)30-36)43-28-33(25-26-47-43)46(6,7)8/h11-14,17-30H,9-10,15-16H2,1-8H3. The Balaban J connectivity index is 1.33. The zero-order valence-electron chi connectivity index (χ0n) is 31.4. The number of benzene rings is 4. The molecule has 0 bridgehead atoms. The minimum atomic E-state index is -0.000123. The quantitative estimate of drug-likeness (QED) is 0.153. The maximum absolute atomic E-state index is 6.69. The van der Waals surface area contributed by atoms with Crippen molar-refractivity contribution in [1.82, 2.24) is 19.3 Å². The van der Waals surface area contributed by atoms with Gasteiger partial charge in [0.2, 0.25) is 0 Å². The van der Waals surface area contributed by atoms with Gasteiger partial charge in [0.25, 0.3) is 0 Å². The van der Waals surface area contributed by atoms with E-state index < -0.39 is 0 Å². The van der Waals surface area contributed by atoms with Gasteiger partial charge in [0, 0.05) is 34.7 Å². The normalized spacial score (nSPS) is 12.2. The maximum atomic E-state index is 6.69. The summed E-state index contributed by atoms with van der Waals surface area (Å²) in [6, 6.07) is 36.7. The molecular formula is C46H50N4O. The Kier molecular flexibility index (Phi) is 9.09. The largest absolute Gasteiger partial charge is 0.457 e. The highest BCUT2D eigenvalue weighted by atomic mass is 16.5. The summed E-state index contributed by atoms with van der Waals surface area (Å²) >= 11 is 0. The van der Waals surface area contributed by atoms with Crippen LogP contribution in [0, 0.1) is 0 Å². The number of fused-ring (bicyclic) bond motifs is 3. The highest BCUT2D eigenvalue weighted by molar-refractivity contribution is 6.09. The lowest BCUT2D eigenvalue weighted by atomic mass is 9.86. The molecule has 0 radical (unpaired) electrons. The van der Waals surface area contributed by atoms with Crippen LogP contribution in [0.5, 0.6) is 11.5 Å². The lowest BCUT2D eigenvalue weighted by Gasteiger charge is -2.20. The monoisotopic (exact) mass is 674 g/mol. The Labute approximate surface area is 302 Å². The van der Waals surface area contributed by atoms with Gasteiger partial charge in [-0.05, 0) is 88.9 Å². The van der Waals surface area contributed by atoms with E-state index in [9.17, 15) is 0 Å². The van der Waals surface area contributed by atoms with Crippen LogP contribution in [0.1, 0.15) is 90.7 Å². The number of aryl methyl sites for hydroxylation is 1. The van der Waals surface area contributed by atoms with Gasteiger partial charge in [-0.3, -0.25) is 4.57 Å². The van der Waals surface area contributed by atoms with Crippen LogP contribution in [0.4, 0.5) is 0 Å². The van der Waals surface area contributed by atoms with E-state index in [0.29, 0.717) is 0 Å². The van der Waals surface area contributed by atoms with Gasteiger partial charge in [-0.25, -0.2) is 9.67 Å². The van der Waals surface area contributed by atoms with Crippen molar-refractivity contribution in [1.29, 1.82) is 0 Å². The third kappa shape index (κ3) is 6.70. The molecule has 3 heterocycles. The lowest BCUT2D eigenvalue weighted by Crippen LogP contribution is -2.12. The van der Waals surface area contributed by atoms with Crippen LogP contribution in [0.25, 0.3) is 44.4 Å². The van der Waals surface area contributed by atoms with E-state index in [-0.39, 0.29) is 10.8 Å². The van der Waals surface area contributed by atoms with Gasteiger partial charge in [0.15, 0.2) is 0 Å². The van der Waals surface area contributed by atoms with Crippen LogP contribution in [-0.4, -0.2) is 19.3 Å². The minimum absolute atomic E-state index is 0.000123. The lowest BCUT2D eigenvalue weighted by molar-refractivity contribution is 0.482. The van der Waals surface area contributed by atoms with E-state index >= 15 is 0 Å². The summed E-state index contributed by atoms with van der Waals surface area (Å²) in [6.45, 7) is 18.0. The van der Waals surface area contributed by atoms with Crippen LogP contribution < -0.4 is 4.74 Å². The van der Waals surface area contributed by atoms with Gasteiger partial charge in [0.1, 0.15) is 17.3 Å². The van der Waals surface area contributed by atoms with E-state index in [2.05, 4.69) is 162 Å². The predicted octanol–water partition coefficient (Wildman–Crippen LogP) is 12.3. The number of rotatable bonds is 9. The molecule has 7 rings (SSSR count). The Bertz CT molecular complexity index is 2330. The summed E-state index contributed by atoms with van der Waals surface area (Å²) in [5.74, 6) is 2.45. The molecule has 0 aliphatic heterocycles. The van der Waals surface area contributed by atoms with E-state index in [4.69, 9.17) is 14.8 Å². The number of ether oxygens (including phenoxy) is 1. The second-order valence-corrected chi connectivity index (χ2v) is 15.8. The Morgan fingerprint density at radius 2 is 1.35 bits per heavy atom. The molecule has 0 fully saturated rings. The van der Waals surface area contributed by atoms with Crippen LogP contribution in [-0.2, 0) is 23.7 Å². The van der Waals surface area contributed by atoms with Gasteiger partial charge in [0.05, 0.1) is 28.1 Å². The van der Waals surface area contributed by atoms with Crippen molar-refractivity contribution in [2.24, 2.45) is 0 Å². The first-order chi connectivity index (χ1) is 24.5.